The van der Waals surface area contributed by atoms with E-state index in [2.05, 4.69) is 0 Å². The first-order chi connectivity index (χ1) is 7.45. The van der Waals surface area contributed by atoms with Crippen LogP contribution < -0.4 is 0 Å². The van der Waals surface area contributed by atoms with Crippen molar-refractivity contribution in [3.05, 3.63) is 0 Å². The molecule has 0 radical (unpaired) electrons. The van der Waals surface area contributed by atoms with Gasteiger partial charge in [0.2, 0.25) is 10.0 Å². The molecule has 0 aromatic rings. The fourth-order valence-electron chi connectivity index (χ4n) is 2.22. The van der Waals surface area contributed by atoms with E-state index in [0.717, 1.165) is 12.8 Å². The monoisotopic (exact) mass is 249 g/mol. The van der Waals surface area contributed by atoms with E-state index in [9.17, 15) is 8.42 Å². The maximum Gasteiger partial charge on any atom is 0.214 e. The molecule has 1 atom stereocenters. The van der Waals surface area contributed by atoms with Gasteiger partial charge in [0.25, 0.3) is 0 Å². The van der Waals surface area contributed by atoms with Gasteiger partial charge in [-0.05, 0) is 31.1 Å². The van der Waals surface area contributed by atoms with Gasteiger partial charge in [-0.3, -0.25) is 0 Å². The Hall–Kier alpha value is -0.130. The smallest absolute Gasteiger partial charge is 0.214 e. The Morgan fingerprint density at radius 2 is 2.12 bits per heavy atom. The largest absolute Gasteiger partial charge is 0.396 e. The number of hydrogen-bond acceptors (Lipinski definition) is 3. The lowest BCUT2D eigenvalue weighted by atomic mass is 9.97. The Balaban J connectivity index is 2.59. The van der Waals surface area contributed by atoms with Crippen LogP contribution in [0.2, 0.25) is 0 Å². The average molecular weight is 249 g/mol. The summed E-state index contributed by atoms with van der Waals surface area (Å²) < 4.78 is 25.6. The summed E-state index contributed by atoms with van der Waals surface area (Å²) >= 11 is 0. The molecule has 4 nitrogen and oxygen atoms in total. The van der Waals surface area contributed by atoms with Crippen molar-refractivity contribution in [3.8, 4) is 0 Å². The van der Waals surface area contributed by atoms with Crippen LogP contribution in [0.3, 0.4) is 0 Å². The third kappa shape index (κ3) is 4.03. The van der Waals surface area contributed by atoms with Crippen LogP contribution in [0.25, 0.3) is 0 Å². The first-order valence-corrected chi connectivity index (χ1v) is 7.65. The minimum absolute atomic E-state index is 0.155. The number of hydrogen-bond donors (Lipinski definition) is 1. The highest BCUT2D eigenvalue weighted by Crippen LogP contribution is 2.22. The second kappa shape index (κ2) is 5.98. The van der Waals surface area contributed by atoms with E-state index >= 15 is 0 Å². The molecule has 1 unspecified atom stereocenters. The summed E-state index contributed by atoms with van der Waals surface area (Å²) in [5.41, 5.74) is 0. The molecule has 1 saturated heterocycles. The molecule has 1 aliphatic rings. The molecule has 1 fully saturated rings. The third-order valence-electron chi connectivity index (χ3n) is 2.96. The molecule has 0 aromatic heterocycles. The van der Waals surface area contributed by atoms with Gasteiger partial charge < -0.3 is 5.11 Å². The molecule has 0 amide bonds. The molecular weight excluding hydrogens is 226 g/mol. The fraction of sp³-hybridized carbons (Fsp3) is 1.00. The van der Waals surface area contributed by atoms with E-state index in [-0.39, 0.29) is 18.3 Å². The van der Waals surface area contributed by atoms with Crippen LogP contribution in [-0.2, 0) is 10.0 Å². The highest BCUT2D eigenvalue weighted by molar-refractivity contribution is 7.89. The quantitative estimate of drug-likeness (QED) is 0.793. The molecule has 0 saturated carbocycles. The summed E-state index contributed by atoms with van der Waals surface area (Å²) in [6.45, 7) is 5.24. The van der Waals surface area contributed by atoms with Gasteiger partial charge in [-0.1, -0.05) is 13.8 Å². The van der Waals surface area contributed by atoms with Crippen LogP contribution in [0.5, 0.6) is 0 Å². The minimum Gasteiger partial charge on any atom is -0.396 e. The number of rotatable bonds is 5. The van der Waals surface area contributed by atoms with Crippen LogP contribution in [0, 0.1) is 11.8 Å². The number of piperidine rings is 1. The molecule has 96 valence electrons. The fourth-order valence-corrected chi connectivity index (χ4v) is 4.12. The van der Waals surface area contributed by atoms with Crippen molar-refractivity contribution in [2.75, 3.05) is 25.4 Å². The highest BCUT2D eigenvalue weighted by atomic mass is 32.2. The molecule has 1 aliphatic heterocycles. The summed E-state index contributed by atoms with van der Waals surface area (Å²) in [5, 5.41) is 8.89. The Labute approximate surface area is 98.7 Å². The van der Waals surface area contributed by atoms with Gasteiger partial charge in [0, 0.05) is 19.7 Å². The molecule has 0 spiro atoms. The van der Waals surface area contributed by atoms with Gasteiger partial charge in [-0.25, -0.2) is 12.7 Å². The Kier molecular flexibility index (Phi) is 5.21. The molecule has 0 aliphatic carbocycles. The van der Waals surface area contributed by atoms with Crippen LogP contribution in [-0.4, -0.2) is 43.3 Å². The van der Waals surface area contributed by atoms with Crippen molar-refractivity contribution in [1.82, 2.24) is 4.31 Å². The predicted octanol–water partition coefficient (Wildman–Crippen LogP) is 1.07. The number of nitrogens with zero attached hydrogens (tertiary/aromatic N) is 1. The van der Waals surface area contributed by atoms with Gasteiger partial charge >= 0.3 is 0 Å². The maximum absolute atomic E-state index is 12.0. The zero-order chi connectivity index (χ0) is 12.2. The molecule has 1 heterocycles. The molecule has 1 rings (SSSR count). The van der Waals surface area contributed by atoms with Gasteiger partial charge in [0.1, 0.15) is 0 Å². The second-order valence-corrected chi connectivity index (χ2v) is 7.06. The number of aliphatic hydroxyl groups excluding tert-OH is 1. The lowest BCUT2D eigenvalue weighted by molar-refractivity contribution is 0.202. The standard InChI is InChI=1S/C11H23NO3S/c1-10(2)9-16(14,15)12-6-3-4-11(8-12)5-7-13/h10-11,13H,3-9H2,1-2H3. The normalized spacial score (nSPS) is 23.9. The van der Waals surface area contributed by atoms with E-state index < -0.39 is 10.0 Å². The van der Waals surface area contributed by atoms with Crippen molar-refractivity contribution >= 4 is 10.0 Å². The van der Waals surface area contributed by atoms with Crippen molar-refractivity contribution in [1.29, 1.82) is 0 Å². The van der Waals surface area contributed by atoms with Crippen molar-refractivity contribution in [3.63, 3.8) is 0 Å². The van der Waals surface area contributed by atoms with Gasteiger partial charge in [0.15, 0.2) is 0 Å². The van der Waals surface area contributed by atoms with E-state index in [1.54, 1.807) is 4.31 Å². The van der Waals surface area contributed by atoms with E-state index in [1.807, 2.05) is 13.8 Å². The van der Waals surface area contributed by atoms with Crippen LogP contribution in [0.1, 0.15) is 33.1 Å². The second-order valence-electron chi connectivity index (χ2n) is 5.05. The zero-order valence-electron chi connectivity index (χ0n) is 10.2. The molecule has 16 heavy (non-hydrogen) atoms. The average Bonchev–Trinajstić information content (AvgIpc) is 2.16. The lowest BCUT2D eigenvalue weighted by Gasteiger charge is -2.32. The van der Waals surface area contributed by atoms with Crippen molar-refractivity contribution in [2.24, 2.45) is 11.8 Å². The van der Waals surface area contributed by atoms with E-state index in [1.165, 1.54) is 0 Å². The van der Waals surface area contributed by atoms with E-state index in [4.69, 9.17) is 5.11 Å². The minimum atomic E-state index is -3.08. The number of sulfonamides is 1. The van der Waals surface area contributed by atoms with Crippen molar-refractivity contribution in [2.45, 2.75) is 33.1 Å². The first kappa shape index (κ1) is 13.9. The van der Waals surface area contributed by atoms with Crippen LogP contribution in [0.4, 0.5) is 0 Å². The van der Waals surface area contributed by atoms with Gasteiger partial charge in [-0.2, -0.15) is 0 Å². The Morgan fingerprint density at radius 3 is 2.69 bits per heavy atom. The molecule has 0 bridgehead atoms. The van der Waals surface area contributed by atoms with Crippen molar-refractivity contribution < 1.29 is 13.5 Å². The summed E-state index contributed by atoms with van der Waals surface area (Å²) in [7, 11) is -3.08. The van der Waals surface area contributed by atoms with Gasteiger partial charge in [0.05, 0.1) is 5.75 Å². The van der Waals surface area contributed by atoms with Crippen LogP contribution >= 0.6 is 0 Å². The summed E-state index contributed by atoms with van der Waals surface area (Å²) in [5.74, 6) is 0.739. The topological polar surface area (TPSA) is 57.6 Å². The number of aliphatic hydroxyl groups is 1. The Bertz CT molecular complexity index is 298. The summed E-state index contributed by atoms with van der Waals surface area (Å²) in [6, 6.07) is 0. The highest BCUT2D eigenvalue weighted by Gasteiger charge is 2.28. The maximum atomic E-state index is 12.0. The van der Waals surface area contributed by atoms with E-state index in [0.29, 0.717) is 25.4 Å². The predicted molar refractivity (Wildman–Crippen MR) is 64.6 cm³/mol. The summed E-state index contributed by atoms with van der Waals surface area (Å²) in [4.78, 5) is 0. The third-order valence-corrected chi connectivity index (χ3v) is 5.16. The van der Waals surface area contributed by atoms with Crippen LogP contribution in [0.15, 0.2) is 0 Å². The zero-order valence-corrected chi connectivity index (χ0v) is 11.0. The summed E-state index contributed by atoms with van der Waals surface area (Å²) in [6.07, 6.45) is 2.67. The molecule has 5 heteroatoms. The first-order valence-electron chi connectivity index (χ1n) is 6.04. The molecule has 1 N–H and O–H groups in total. The SMILES string of the molecule is CC(C)CS(=O)(=O)N1CCCC(CCO)C1. The van der Waals surface area contributed by atoms with Gasteiger partial charge in [-0.15, -0.1) is 0 Å². The Morgan fingerprint density at radius 1 is 1.44 bits per heavy atom. The molecular formula is C11H23NO3S. The lowest BCUT2D eigenvalue weighted by Crippen LogP contribution is -2.42. The molecule has 0 aromatic carbocycles.